The summed E-state index contributed by atoms with van der Waals surface area (Å²) in [4.78, 5) is 30.2. The molecule has 0 spiro atoms. The quantitative estimate of drug-likeness (QED) is 0.446. The standard InChI is InChI=1S/C23H27N3O2S/c1-16(2)13-14-24-21(27)15-29-23-25-20-12-8-7-11-19(20)22(28)26(23)17(3)18-9-5-4-6-10-18/h4-12,16-17H,13-15H2,1-3H3,(H,24,27)/t17-/m0/s1. The molecule has 0 radical (unpaired) electrons. The van der Waals surface area contributed by atoms with Crippen LogP contribution in [0.5, 0.6) is 0 Å². The summed E-state index contributed by atoms with van der Waals surface area (Å²) in [5.41, 5.74) is 1.58. The van der Waals surface area contributed by atoms with Crippen molar-refractivity contribution in [2.75, 3.05) is 12.3 Å². The molecule has 1 aromatic heterocycles. The van der Waals surface area contributed by atoms with Gasteiger partial charge >= 0.3 is 0 Å². The van der Waals surface area contributed by atoms with Crippen molar-refractivity contribution in [3.05, 3.63) is 70.5 Å². The Balaban J connectivity index is 1.91. The topological polar surface area (TPSA) is 64.0 Å². The largest absolute Gasteiger partial charge is 0.355 e. The monoisotopic (exact) mass is 409 g/mol. The number of benzene rings is 2. The lowest BCUT2D eigenvalue weighted by molar-refractivity contribution is -0.118. The van der Waals surface area contributed by atoms with Crippen molar-refractivity contribution in [2.45, 2.75) is 38.4 Å². The smallest absolute Gasteiger partial charge is 0.262 e. The van der Waals surface area contributed by atoms with Crippen molar-refractivity contribution in [1.82, 2.24) is 14.9 Å². The normalized spacial score (nSPS) is 12.3. The summed E-state index contributed by atoms with van der Waals surface area (Å²) in [7, 11) is 0. The third-order valence-electron chi connectivity index (χ3n) is 4.82. The fraction of sp³-hybridized carbons (Fsp3) is 0.348. The Morgan fingerprint density at radius 1 is 1.07 bits per heavy atom. The molecule has 0 unspecified atom stereocenters. The molecule has 0 fully saturated rings. The molecule has 6 heteroatoms. The Morgan fingerprint density at radius 3 is 2.48 bits per heavy atom. The van der Waals surface area contributed by atoms with Gasteiger partial charge in [0, 0.05) is 6.54 Å². The minimum Gasteiger partial charge on any atom is -0.355 e. The van der Waals surface area contributed by atoms with Crippen LogP contribution in [-0.2, 0) is 4.79 Å². The van der Waals surface area contributed by atoms with Gasteiger partial charge in [-0.1, -0.05) is 68.1 Å². The summed E-state index contributed by atoms with van der Waals surface area (Å²) in [5, 5.41) is 4.09. The molecule has 1 amide bonds. The summed E-state index contributed by atoms with van der Waals surface area (Å²) in [5.74, 6) is 0.726. The van der Waals surface area contributed by atoms with E-state index in [9.17, 15) is 9.59 Å². The molecule has 3 aromatic rings. The van der Waals surface area contributed by atoms with Crippen LogP contribution in [0.4, 0.5) is 0 Å². The zero-order valence-corrected chi connectivity index (χ0v) is 17.9. The highest BCUT2D eigenvalue weighted by Gasteiger charge is 2.18. The van der Waals surface area contributed by atoms with E-state index in [2.05, 4.69) is 19.2 Å². The number of amides is 1. The van der Waals surface area contributed by atoms with E-state index in [1.165, 1.54) is 11.8 Å². The van der Waals surface area contributed by atoms with Crippen LogP contribution in [0, 0.1) is 5.92 Å². The van der Waals surface area contributed by atoms with E-state index in [1.54, 1.807) is 10.6 Å². The van der Waals surface area contributed by atoms with E-state index in [0.717, 1.165) is 12.0 Å². The SMILES string of the molecule is CC(C)CCNC(=O)CSc1nc2ccccc2c(=O)n1[C@@H](C)c1ccccc1. The number of nitrogens with one attached hydrogen (secondary N) is 1. The first-order valence-corrected chi connectivity index (χ1v) is 10.9. The van der Waals surface area contributed by atoms with Gasteiger partial charge in [-0.05, 0) is 37.0 Å². The van der Waals surface area contributed by atoms with Crippen LogP contribution in [0.25, 0.3) is 10.9 Å². The van der Waals surface area contributed by atoms with Crippen LogP contribution in [0.1, 0.15) is 38.8 Å². The number of hydrogen-bond acceptors (Lipinski definition) is 4. The summed E-state index contributed by atoms with van der Waals surface area (Å²) in [6.45, 7) is 6.91. The van der Waals surface area contributed by atoms with Gasteiger partial charge in [-0.2, -0.15) is 0 Å². The summed E-state index contributed by atoms with van der Waals surface area (Å²) in [6.07, 6.45) is 0.945. The second kappa shape index (κ2) is 9.74. The zero-order chi connectivity index (χ0) is 20.8. The first kappa shape index (κ1) is 21.1. The number of fused-ring (bicyclic) bond motifs is 1. The number of rotatable bonds is 8. The van der Waals surface area contributed by atoms with Crippen molar-refractivity contribution < 1.29 is 4.79 Å². The molecule has 0 aliphatic carbocycles. The van der Waals surface area contributed by atoms with Crippen molar-refractivity contribution >= 4 is 28.6 Å². The van der Waals surface area contributed by atoms with Gasteiger partial charge in [0.15, 0.2) is 5.16 Å². The van der Waals surface area contributed by atoms with E-state index in [-0.39, 0.29) is 23.3 Å². The number of nitrogens with zero attached hydrogens (tertiary/aromatic N) is 2. The van der Waals surface area contributed by atoms with E-state index in [0.29, 0.717) is 28.5 Å². The molecular weight excluding hydrogens is 382 g/mol. The van der Waals surface area contributed by atoms with E-state index in [4.69, 9.17) is 4.98 Å². The lowest BCUT2D eigenvalue weighted by atomic mass is 10.1. The summed E-state index contributed by atoms with van der Waals surface area (Å²) < 4.78 is 1.70. The maximum atomic E-state index is 13.3. The van der Waals surface area contributed by atoms with Crippen LogP contribution in [-0.4, -0.2) is 27.8 Å². The van der Waals surface area contributed by atoms with Gasteiger partial charge in [0.1, 0.15) is 0 Å². The lowest BCUT2D eigenvalue weighted by Crippen LogP contribution is -2.29. The molecule has 2 aromatic carbocycles. The molecule has 0 saturated heterocycles. The van der Waals surface area contributed by atoms with Gasteiger partial charge in [0.25, 0.3) is 5.56 Å². The fourth-order valence-electron chi connectivity index (χ4n) is 3.13. The Bertz CT molecular complexity index is 1030. The number of para-hydroxylation sites is 1. The van der Waals surface area contributed by atoms with Gasteiger partial charge in [-0.3, -0.25) is 14.2 Å². The molecular formula is C23H27N3O2S. The second-order valence-corrected chi connectivity index (χ2v) is 8.44. The van der Waals surface area contributed by atoms with Crippen molar-refractivity contribution in [3.63, 3.8) is 0 Å². The molecule has 0 bridgehead atoms. The zero-order valence-electron chi connectivity index (χ0n) is 17.1. The predicted octanol–water partition coefficient (Wildman–Crippen LogP) is 4.26. The molecule has 1 atom stereocenters. The number of aromatic nitrogens is 2. The molecule has 1 heterocycles. The number of hydrogen-bond donors (Lipinski definition) is 1. The van der Waals surface area contributed by atoms with E-state index >= 15 is 0 Å². The minimum absolute atomic E-state index is 0.0445. The molecule has 3 rings (SSSR count). The van der Waals surface area contributed by atoms with Gasteiger partial charge in [-0.15, -0.1) is 0 Å². The maximum absolute atomic E-state index is 13.3. The number of carbonyl (C=O) groups is 1. The molecule has 152 valence electrons. The van der Waals surface area contributed by atoms with Gasteiger partial charge < -0.3 is 5.32 Å². The number of carbonyl (C=O) groups excluding carboxylic acids is 1. The first-order chi connectivity index (χ1) is 14.0. The molecule has 0 aliphatic heterocycles. The van der Waals surface area contributed by atoms with Gasteiger partial charge in [0.2, 0.25) is 5.91 Å². The highest BCUT2D eigenvalue weighted by Crippen LogP contribution is 2.24. The average Bonchev–Trinajstić information content (AvgIpc) is 2.72. The Kier molecular flexibility index (Phi) is 7.09. The van der Waals surface area contributed by atoms with Crippen molar-refractivity contribution in [3.8, 4) is 0 Å². The van der Waals surface area contributed by atoms with Crippen LogP contribution < -0.4 is 10.9 Å². The van der Waals surface area contributed by atoms with Crippen LogP contribution in [0.3, 0.4) is 0 Å². The molecule has 29 heavy (non-hydrogen) atoms. The van der Waals surface area contributed by atoms with Gasteiger partial charge in [0.05, 0.1) is 22.7 Å². The highest BCUT2D eigenvalue weighted by atomic mass is 32.2. The Hall–Kier alpha value is -2.60. The number of thioether (sulfide) groups is 1. The second-order valence-electron chi connectivity index (χ2n) is 7.49. The van der Waals surface area contributed by atoms with Crippen LogP contribution in [0.2, 0.25) is 0 Å². The summed E-state index contributed by atoms with van der Waals surface area (Å²) in [6, 6.07) is 17.0. The van der Waals surface area contributed by atoms with E-state index < -0.39 is 0 Å². The van der Waals surface area contributed by atoms with Crippen molar-refractivity contribution in [1.29, 1.82) is 0 Å². The first-order valence-electron chi connectivity index (χ1n) is 9.93. The molecule has 0 saturated carbocycles. The average molecular weight is 410 g/mol. The lowest BCUT2D eigenvalue weighted by Gasteiger charge is -2.20. The molecule has 1 N–H and O–H groups in total. The maximum Gasteiger partial charge on any atom is 0.262 e. The van der Waals surface area contributed by atoms with Crippen molar-refractivity contribution in [2.24, 2.45) is 5.92 Å². The summed E-state index contributed by atoms with van der Waals surface area (Å²) >= 11 is 1.31. The third kappa shape index (κ3) is 5.26. The molecule has 5 nitrogen and oxygen atoms in total. The third-order valence-corrected chi connectivity index (χ3v) is 5.77. The van der Waals surface area contributed by atoms with E-state index in [1.807, 2.05) is 55.5 Å². The van der Waals surface area contributed by atoms with Crippen LogP contribution in [0.15, 0.2) is 64.5 Å². The fourth-order valence-corrected chi connectivity index (χ4v) is 4.04. The highest BCUT2D eigenvalue weighted by molar-refractivity contribution is 7.99. The van der Waals surface area contributed by atoms with Crippen LogP contribution >= 0.6 is 11.8 Å². The molecule has 0 aliphatic rings. The van der Waals surface area contributed by atoms with Gasteiger partial charge in [-0.25, -0.2) is 4.98 Å². The minimum atomic E-state index is -0.188. The predicted molar refractivity (Wildman–Crippen MR) is 119 cm³/mol. The Morgan fingerprint density at radius 2 is 1.76 bits per heavy atom. The Labute approximate surface area is 175 Å².